The molecule has 0 aromatic heterocycles. The van der Waals surface area contributed by atoms with Gasteiger partial charge in [-0.1, -0.05) is 17.7 Å². The molecule has 1 aromatic rings. The Hall–Kier alpha value is -1.19. The van der Waals surface area contributed by atoms with Crippen LogP contribution in [0.3, 0.4) is 0 Å². The highest BCUT2D eigenvalue weighted by molar-refractivity contribution is 6.32. The van der Waals surface area contributed by atoms with Crippen LogP contribution in [0.1, 0.15) is 11.6 Å². The number of benzene rings is 1. The average molecular weight is 214 g/mol. The zero-order valence-electron chi connectivity index (χ0n) is 7.83. The van der Waals surface area contributed by atoms with Crippen molar-refractivity contribution in [3.63, 3.8) is 0 Å². The van der Waals surface area contributed by atoms with Gasteiger partial charge in [0.1, 0.15) is 0 Å². The highest BCUT2D eigenvalue weighted by Crippen LogP contribution is 2.36. The first-order chi connectivity index (χ1) is 6.60. The van der Waals surface area contributed by atoms with Crippen LogP contribution < -0.4 is 10.5 Å². The first kappa shape index (κ1) is 10.9. The Balaban J connectivity index is 3.22. The highest BCUT2D eigenvalue weighted by Gasteiger charge is 2.11. The fourth-order valence-corrected chi connectivity index (χ4v) is 1.30. The fourth-order valence-electron chi connectivity index (χ4n) is 1.08. The Morgan fingerprint density at radius 2 is 2.29 bits per heavy atom. The molecule has 0 radical (unpaired) electrons. The molecule has 3 N–H and O–H groups in total. The predicted molar refractivity (Wildman–Crippen MR) is 56.8 cm³/mol. The molecule has 1 rings (SSSR count). The molecular formula is C10H12ClNO2. The minimum Gasteiger partial charge on any atom is -0.503 e. The number of ether oxygens (including phenoxy) is 1. The summed E-state index contributed by atoms with van der Waals surface area (Å²) in [6, 6.07) is 2.90. The summed E-state index contributed by atoms with van der Waals surface area (Å²) >= 11 is 5.78. The standard InChI is InChI=1S/C10H12ClNO2/c1-3-8(12)6-4-7(11)10(13)9(5-6)14-2/h3-5,8,13H,1,12H2,2H3. The molecule has 0 saturated carbocycles. The summed E-state index contributed by atoms with van der Waals surface area (Å²) in [6.45, 7) is 3.57. The molecular weight excluding hydrogens is 202 g/mol. The number of hydrogen-bond acceptors (Lipinski definition) is 3. The third-order valence-corrected chi connectivity index (χ3v) is 2.20. The van der Waals surface area contributed by atoms with Crippen molar-refractivity contribution in [3.8, 4) is 11.5 Å². The summed E-state index contributed by atoms with van der Waals surface area (Å²) < 4.78 is 4.94. The van der Waals surface area contributed by atoms with Gasteiger partial charge in [-0.25, -0.2) is 0 Å². The van der Waals surface area contributed by atoms with Crippen molar-refractivity contribution in [1.29, 1.82) is 0 Å². The van der Waals surface area contributed by atoms with Crippen LogP contribution in [0.5, 0.6) is 11.5 Å². The minimum atomic E-state index is -0.318. The molecule has 0 aliphatic rings. The van der Waals surface area contributed by atoms with Crippen LogP contribution >= 0.6 is 11.6 Å². The molecule has 0 saturated heterocycles. The van der Waals surface area contributed by atoms with Gasteiger partial charge in [0.25, 0.3) is 0 Å². The summed E-state index contributed by atoms with van der Waals surface area (Å²) in [6.07, 6.45) is 1.59. The molecule has 4 heteroatoms. The van der Waals surface area contributed by atoms with Crippen LogP contribution in [0.2, 0.25) is 5.02 Å². The number of rotatable bonds is 3. The highest BCUT2D eigenvalue weighted by atomic mass is 35.5. The van der Waals surface area contributed by atoms with Crippen molar-refractivity contribution in [2.75, 3.05) is 7.11 Å². The number of phenols is 1. The molecule has 0 aliphatic heterocycles. The maximum atomic E-state index is 9.45. The van der Waals surface area contributed by atoms with Gasteiger partial charge >= 0.3 is 0 Å². The number of nitrogens with two attached hydrogens (primary N) is 1. The number of methoxy groups -OCH3 is 1. The number of halogens is 1. The van der Waals surface area contributed by atoms with E-state index in [4.69, 9.17) is 22.1 Å². The zero-order chi connectivity index (χ0) is 10.7. The maximum absolute atomic E-state index is 9.45. The van der Waals surface area contributed by atoms with Gasteiger partial charge in [-0.3, -0.25) is 0 Å². The van der Waals surface area contributed by atoms with E-state index in [0.29, 0.717) is 5.75 Å². The molecule has 0 fully saturated rings. The lowest BCUT2D eigenvalue weighted by Gasteiger charge is -2.11. The molecule has 0 heterocycles. The van der Waals surface area contributed by atoms with Gasteiger partial charge in [-0.15, -0.1) is 6.58 Å². The Morgan fingerprint density at radius 1 is 1.64 bits per heavy atom. The van der Waals surface area contributed by atoms with E-state index in [0.717, 1.165) is 5.56 Å². The van der Waals surface area contributed by atoms with Gasteiger partial charge in [-0.2, -0.15) is 0 Å². The lowest BCUT2D eigenvalue weighted by molar-refractivity contribution is 0.373. The molecule has 0 amide bonds. The summed E-state index contributed by atoms with van der Waals surface area (Å²) in [5.74, 6) is 0.235. The van der Waals surface area contributed by atoms with Gasteiger partial charge in [-0.05, 0) is 17.7 Å². The van der Waals surface area contributed by atoms with Crippen LogP contribution in [0.25, 0.3) is 0 Å². The van der Waals surface area contributed by atoms with Crippen molar-refractivity contribution in [3.05, 3.63) is 35.4 Å². The molecule has 14 heavy (non-hydrogen) atoms. The molecule has 3 nitrogen and oxygen atoms in total. The second kappa shape index (κ2) is 4.35. The van der Waals surface area contributed by atoms with Crippen molar-refractivity contribution >= 4 is 11.6 Å². The normalized spacial score (nSPS) is 12.2. The SMILES string of the molecule is C=CC(N)c1cc(Cl)c(O)c(OC)c1. The lowest BCUT2D eigenvalue weighted by Crippen LogP contribution is -2.06. The van der Waals surface area contributed by atoms with Crippen LogP contribution in [0.15, 0.2) is 24.8 Å². The molecule has 1 unspecified atom stereocenters. The third-order valence-electron chi connectivity index (χ3n) is 1.91. The van der Waals surface area contributed by atoms with E-state index in [9.17, 15) is 5.11 Å². The summed E-state index contributed by atoms with van der Waals surface area (Å²) in [5.41, 5.74) is 6.47. The third kappa shape index (κ3) is 2.00. The Bertz CT molecular complexity index is 352. The molecule has 0 spiro atoms. The summed E-state index contributed by atoms with van der Waals surface area (Å²) in [5, 5.41) is 9.67. The van der Waals surface area contributed by atoms with Gasteiger partial charge < -0.3 is 15.6 Å². The minimum absolute atomic E-state index is 0.0748. The molecule has 1 aromatic carbocycles. The van der Waals surface area contributed by atoms with Crippen LogP contribution in [-0.4, -0.2) is 12.2 Å². The first-order valence-corrected chi connectivity index (χ1v) is 4.42. The monoisotopic (exact) mass is 213 g/mol. The summed E-state index contributed by atoms with van der Waals surface area (Å²) in [7, 11) is 1.45. The van der Waals surface area contributed by atoms with Crippen molar-refractivity contribution in [2.45, 2.75) is 6.04 Å². The Kier molecular flexibility index (Phi) is 3.38. The number of aromatic hydroxyl groups is 1. The maximum Gasteiger partial charge on any atom is 0.176 e. The van der Waals surface area contributed by atoms with E-state index in [1.165, 1.54) is 7.11 Å². The Labute approximate surface area is 87.8 Å². The van der Waals surface area contributed by atoms with Gasteiger partial charge in [0.15, 0.2) is 11.5 Å². The topological polar surface area (TPSA) is 55.5 Å². The molecule has 1 atom stereocenters. The van der Waals surface area contributed by atoms with Gasteiger partial charge in [0.05, 0.1) is 12.1 Å². The quantitative estimate of drug-likeness (QED) is 0.758. The fraction of sp³-hybridized carbons (Fsp3) is 0.200. The van der Waals surface area contributed by atoms with E-state index in [1.54, 1.807) is 18.2 Å². The second-order valence-electron chi connectivity index (χ2n) is 2.82. The van der Waals surface area contributed by atoms with Crippen molar-refractivity contribution in [1.82, 2.24) is 0 Å². The number of hydrogen-bond donors (Lipinski definition) is 2. The van der Waals surface area contributed by atoms with Crippen LogP contribution in [0.4, 0.5) is 0 Å². The van der Waals surface area contributed by atoms with Crippen molar-refractivity contribution < 1.29 is 9.84 Å². The predicted octanol–water partition coefficient (Wildman–Crippen LogP) is 2.24. The molecule has 76 valence electrons. The average Bonchev–Trinajstić information content (AvgIpc) is 2.20. The smallest absolute Gasteiger partial charge is 0.176 e. The second-order valence-corrected chi connectivity index (χ2v) is 3.22. The van der Waals surface area contributed by atoms with E-state index < -0.39 is 0 Å². The first-order valence-electron chi connectivity index (χ1n) is 4.04. The van der Waals surface area contributed by atoms with Gasteiger partial charge in [0, 0.05) is 6.04 Å². The van der Waals surface area contributed by atoms with E-state index in [2.05, 4.69) is 6.58 Å². The van der Waals surface area contributed by atoms with Crippen LogP contribution in [-0.2, 0) is 0 Å². The zero-order valence-corrected chi connectivity index (χ0v) is 8.58. The molecule has 0 bridgehead atoms. The number of phenolic OH excluding ortho intramolecular Hbond substituents is 1. The van der Waals surface area contributed by atoms with Crippen molar-refractivity contribution in [2.24, 2.45) is 5.73 Å². The Morgan fingerprint density at radius 3 is 2.79 bits per heavy atom. The molecule has 0 aliphatic carbocycles. The van der Waals surface area contributed by atoms with E-state index >= 15 is 0 Å². The largest absolute Gasteiger partial charge is 0.503 e. The van der Waals surface area contributed by atoms with Crippen LogP contribution in [0, 0.1) is 0 Å². The lowest BCUT2D eigenvalue weighted by atomic mass is 10.1. The van der Waals surface area contributed by atoms with E-state index in [1.807, 2.05) is 0 Å². The van der Waals surface area contributed by atoms with E-state index in [-0.39, 0.29) is 16.8 Å². The summed E-state index contributed by atoms with van der Waals surface area (Å²) in [4.78, 5) is 0. The van der Waals surface area contributed by atoms with Gasteiger partial charge in [0.2, 0.25) is 0 Å².